The average Bonchev–Trinajstić information content (AvgIpc) is 3.64. The number of esters is 1. The predicted octanol–water partition coefficient (Wildman–Crippen LogP) is 5.56. The van der Waals surface area contributed by atoms with E-state index in [0.29, 0.717) is 48.0 Å². The number of rotatable bonds is 5. The van der Waals surface area contributed by atoms with E-state index in [-0.39, 0.29) is 29.9 Å². The van der Waals surface area contributed by atoms with Crippen molar-refractivity contribution in [2.45, 2.75) is 57.5 Å². The summed E-state index contributed by atoms with van der Waals surface area (Å²) in [7, 11) is 1.40. The van der Waals surface area contributed by atoms with E-state index in [0.717, 1.165) is 30.6 Å². The third-order valence-corrected chi connectivity index (χ3v) is 9.19. The summed E-state index contributed by atoms with van der Waals surface area (Å²) in [5.41, 5.74) is 5.91. The van der Waals surface area contributed by atoms with Gasteiger partial charge in [0.25, 0.3) is 5.91 Å². The topological polar surface area (TPSA) is 80.0 Å². The summed E-state index contributed by atoms with van der Waals surface area (Å²) in [6.45, 7) is 5.23. The first-order valence-corrected chi connectivity index (χ1v) is 14.8. The first-order valence-electron chi connectivity index (χ1n) is 14.8. The fourth-order valence-electron chi connectivity index (χ4n) is 6.72. The maximum Gasteiger partial charge on any atom is 0.310 e. The number of methoxy groups -OCH3 is 1. The van der Waals surface area contributed by atoms with E-state index in [1.54, 1.807) is 16.6 Å². The minimum Gasteiger partial charge on any atom is -0.469 e. The molecule has 7 rings (SSSR count). The lowest BCUT2D eigenvalue weighted by atomic mass is 9.93. The van der Waals surface area contributed by atoms with Crippen molar-refractivity contribution in [3.05, 3.63) is 82.9 Å². The molecule has 2 aromatic carbocycles. The molecule has 1 aliphatic carbocycles. The van der Waals surface area contributed by atoms with Crippen molar-refractivity contribution < 1.29 is 18.7 Å². The van der Waals surface area contributed by atoms with E-state index >= 15 is 4.39 Å². The smallest absolute Gasteiger partial charge is 0.310 e. The van der Waals surface area contributed by atoms with Crippen LogP contribution in [-0.4, -0.2) is 57.6 Å². The Labute approximate surface area is 244 Å². The predicted molar refractivity (Wildman–Crippen MR) is 157 cm³/mol. The molecule has 9 heteroatoms. The minimum atomic E-state index is -0.394. The summed E-state index contributed by atoms with van der Waals surface area (Å²) in [5, 5.41) is 4.77. The zero-order valence-corrected chi connectivity index (χ0v) is 24.1. The van der Waals surface area contributed by atoms with E-state index in [1.807, 2.05) is 41.0 Å². The number of aromatic nitrogens is 3. The molecule has 2 aromatic heterocycles. The molecule has 1 amide bonds. The normalized spacial score (nSPS) is 22.0. The quantitative estimate of drug-likeness (QED) is 0.294. The van der Waals surface area contributed by atoms with Crippen molar-refractivity contribution in [2.75, 3.05) is 25.1 Å². The second-order valence-corrected chi connectivity index (χ2v) is 11.9. The lowest BCUT2D eigenvalue weighted by Crippen LogP contribution is -2.39. The molecule has 3 aliphatic rings. The van der Waals surface area contributed by atoms with E-state index in [1.165, 1.54) is 24.3 Å². The van der Waals surface area contributed by atoms with Gasteiger partial charge in [0.15, 0.2) is 5.65 Å². The molecule has 0 N–H and O–H groups in total. The number of nitrogens with zero attached hydrogens (tertiary/aromatic N) is 5. The number of ether oxygens (including phenoxy) is 1. The van der Waals surface area contributed by atoms with Crippen LogP contribution in [-0.2, 0) is 16.0 Å². The number of halogens is 1. The van der Waals surface area contributed by atoms with Crippen LogP contribution in [0.2, 0.25) is 0 Å². The van der Waals surface area contributed by atoms with Crippen molar-refractivity contribution >= 4 is 23.2 Å². The standard InChI is InChI=1S/C33H34FN5O3/c1-19-14-23(33(41)42-3)18-38(19)24-10-11-26(27(34)15-24)28-17-31-35-29(16-30(22-8-9-22)39(31)36-28)32(40)37-13-12-21-6-4-5-7-25(21)20(37)2/h4-7,10-11,15-17,19-20,22-23H,8-9,12-14,18H2,1-3H3/t19?,20-,23?/m1/s1. The summed E-state index contributed by atoms with van der Waals surface area (Å²) in [5.74, 6) is -0.638. The highest BCUT2D eigenvalue weighted by Gasteiger charge is 2.35. The Morgan fingerprint density at radius 1 is 1.05 bits per heavy atom. The Balaban J connectivity index is 1.20. The third kappa shape index (κ3) is 4.51. The second kappa shape index (κ2) is 10.2. The zero-order chi connectivity index (χ0) is 29.1. The van der Waals surface area contributed by atoms with E-state index in [2.05, 4.69) is 19.1 Å². The van der Waals surface area contributed by atoms with E-state index < -0.39 is 5.82 Å². The summed E-state index contributed by atoms with van der Waals surface area (Å²) >= 11 is 0. The summed E-state index contributed by atoms with van der Waals surface area (Å²) in [4.78, 5) is 34.6. The largest absolute Gasteiger partial charge is 0.469 e. The molecule has 1 saturated heterocycles. The molecule has 4 aromatic rings. The van der Waals surface area contributed by atoms with Crippen molar-refractivity contribution in [3.8, 4) is 11.3 Å². The molecule has 2 unspecified atom stereocenters. The summed E-state index contributed by atoms with van der Waals surface area (Å²) in [6.07, 6.45) is 3.54. The van der Waals surface area contributed by atoms with Gasteiger partial charge in [-0.05, 0) is 74.9 Å². The van der Waals surface area contributed by atoms with Gasteiger partial charge in [0.05, 0.1) is 24.8 Å². The Morgan fingerprint density at radius 3 is 2.62 bits per heavy atom. The number of benzene rings is 2. The van der Waals surface area contributed by atoms with E-state index in [9.17, 15) is 9.59 Å². The summed E-state index contributed by atoms with van der Waals surface area (Å²) in [6, 6.07) is 17.1. The number of carbonyl (C=O) groups excluding carboxylic acids is 2. The van der Waals surface area contributed by atoms with Crippen molar-refractivity contribution in [2.24, 2.45) is 5.92 Å². The van der Waals surface area contributed by atoms with Gasteiger partial charge in [0, 0.05) is 48.1 Å². The van der Waals surface area contributed by atoms with Crippen molar-refractivity contribution in [3.63, 3.8) is 0 Å². The van der Waals surface area contributed by atoms with Gasteiger partial charge in [-0.15, -0.1) is 0 Å². The van der Waals surface area contributed by atoms with Gasteiger partial charge in [-0.1, -0.05) is 24.3 Å². The van der Waals surface area contributed by atoms with Gasteiger partial charge >= 0.3 is 5.97 Å². The van der Waals surface area contributed by atoms with Crippen LogP contribution in [0.3, 0.4) is 0 Å². The Hall–Kier alpha value is -4.27. The maximum absolute atomic E-state index is 15.6. The van der Waals surface area contributed by atoms with Gasteiger partial charge in [0.2, 0.25) is 0 Å². The molecule has 0 radical (unpaired) electrons. The monoisotopic (exact) mass is 567 g/mol. The molecule has 0 bridgehead atoms. The van der Waals surface area contributed by atoms with Gasteiger partial charge in [-0.25, -0.2) is 13.9 Å². The van der Waals surface area contributed by atoms with Crippen LogP contribution in [0, 0.1) is 11.7 Å². The molecule has 4 heterocycles. The highest BCUT2D eigenvalue weighted by atomic mass is 19.1. The molecule has 2 aliphatic heterocycles. The van der Waals surface area contributed by atoms with Crippen molar-refractivity contribution in [1.82, 2.24) is 19.5 Å². The molecule has 3 atom stereocenters. The van der Waals surface area contributed by atoms with Crippen LogP contribution >= 0.6 is 0 Å². The Bertz CT molecular complexity index is 1710. The maximum atomic E-state index is 15.6. The Kier molecular flexibility index (Phi) is 6.48. The molecule has 1 saturated carbocycles. The molecule has 42 heavy (non-hydrogen) atoms. The lowest BCUT2D eigenvalue weighted by molar-refractivity contribution is -0.144. The fraction of sp³-hybridized carbons (Fsp3) is 0.394. The first-order chi connectivity index (χ1) is 20.3. The van der Waals surface area contributed by atoms with Crippen molar-refractivity contribution in [1.29, 1.82) is 0 Å². The molecule has 2 fully saturated rings. The number of amides is 1. The van der Waals surface area contributed by atoms with Crippen LogP contribution in [0.25, 0.3) is 16.9 Å². The number of fused-ring (bicyclic) bond motifs is 2. The minimum absolute atomic E-state index is 0.0424. The number of hydrogen-bond donors (Lipinski definition) is 0. The third-order valence-electron chi connectivity index (χ3n) is 9.19. The van der Waals surface area contributed by atoms with Gasteiger partial charge < -0.3 is 14.5 Å². The number of anilines is 1. The lowest BCUT2D eigenvalue weighted by Gasteiger charge is -2.35. The number of hydrogen-bond acceptors (Lipinski definition) is 6. The van der Waals surface area contributed by atoms with Crippen LogP contribution < -0.4 is 4.90 Å². The highest BCUT2D eigenvalue weighted by Crippen LogP contribution is 2.41. The molecule has 0 spiro atoms. The summed E-state index contributed by atoms with van der Waals surface area (Å²) < 4.78 is 22.3. The molecule has 8 nitrogen and oxygen atoms in total. The second-order valence-electron chi connectivity index (χ2n) is 11.9. The zero-order valence-electron chi connectivity index (χ0n) is 24.1. The van der Waals surface area contributed by atoms with Crippen LogP contribution in [0.5, 0.6) is 0 Å². The molecular formula is C33H34FN5O3. The number of carbonyl (C=O) groups is 2. The van der Waals surface area contributed by atoms with E-state index in [4.69, 9.17) is 14.8 Å². The van der Waals surface area contributed by atoms with Crippen LogP contribution in [0.1, 0.15) is 72.4 Å². The SMILES string of the molecule is COC(=O)C1CC(C)N(c2ccc(-c3cc4nc(C(=O)N5CCc6ccccc6[C@H]5C)cc(C5CC5)n4n3)c(F)c2)C1. The Morgan fingerprint density at radius 2 is 1.86 bits per heavy atom. The highest BCUT2D eigenvalue weighted by molar-refractivity contribution is 5.93. The average molecular weight is 568 g/mol. The van der Waals surface area contributed by atoms with Gasteiger partial charge in [-0.3, -0.25) is 9.59 Å². The van der Waals surface area contributed by atoms with Crippen LogP contribution in [0.4, 0.5) is 10.1 Å². The molecule has 216 valence electrons. The fourth-order valence-corrected chi connectivity index (χ4v) is 6.72. The van der Waals surface area contributed by atoms with Gasteiger partial charge in [-0.2, -0.15) is 5.10 Å². The first kappa shape index (κ1) is 26.6. The molecular weight excluding hydrogens is 533 g/mol. The van der Waals surface area contributed by atoms with Gasteiger partial charge in [0.1, 0.15) is 11.5 Å². The van der Waals surface area contributed by atoms with Crippen LogP contribution in [0.15, 0.2) is 54.6 Å².